The molecule has 0 N–H and O–H groups in total. The van der Waals surface area contributed by atoms with Crippen LogP contribution in [0, 0.1) is 0 Å². The van der Waals surface area contributed by atoms with Gasteiger partial charge in [0.25, 0.3) is 0 Å². The molecule has 0 saturated carbocycles. The molecule has 0 atom stereocenters. The van der Waals surface area contributed by atoms with Gasteiger partial charge in [0, 0.05) is 49.6 Å². The fourth-order valence-electron chi connectivity index (χ4n) is 8.36. The first-order chi connectivity index (χ1) is 27.8. The van der Waals surface area contributed by atoms with E-state index in [4.69, 9.17) is 9.97 Å². The Balaban J connectivity index is 1.10. The normalized spacial score (nSPS) is 11.6. The summed E-state index contributed by atoms with van der Waals surface area (Å²) < 4.78 is 4.83. The second-order valence-corrected chi connectivity index (χ2v) is 14.2. The molecule has 4 nitrogen and oxygen atoms in total. The molecule has 0 radical (unpaired) electrons. The van der Waals surface area contributed by atoms with E-state index in [1.165, 1.54) is 43.6 Å². The molecule has 8 aromatic carbocycles. The van der Waals surface area contributed by atoms with Crippen LogP contribution in [-0.4, -0.2) is 19.1 Å². The van der Waals surface area contributed by atoms with Gasteiger partial charge in [-0.1, -0.05) is 152 Å². The van der Waals surface area contributed by atoms with Crippen LogP contribution < -0.4 is 0 Å². The predicted octanol–water partition coefficient (Wildman–Crippen LogP) is 13.3. The van der Waals surface area contributed by atoms with Crippen molar-refractivity contribution in [1.29, 1.82) is 0 Å². The van der Waals surface area contributed by atoms with Crippen molar-refractivity contribution in [3.63, 3.8) is 0 Å². The number of nitrogens with zero attached hydrogens (tertiary/aromatic N) is 4. The largest absolute Gasteiger partial charge is 0.309 e. The molecule has 262 valence electrons. The van der Waals surface area contributed by atoms with Crippen LogP contribution in [-0.2, 0) is 0 Å². The average Bonchev–Trinajstić information content (AvgIpc) is 3.80. The Kier molecular flexibility index (Phi) is 7.46. The summed E-state index contributed by atoms with van der Waals surface area (Å²) in [6.45, 7) is 0. The molecule has 0 spiro atoms. The summed E-state index contributed by atoms with van der Waals surface area (Å²) in [4.78, 5) is 10.3. The van der Waals surface area contributed by atoms with Crippen LogP contribution in [0.3, 0.4) is 0 Å². The van der Waals surface area contributed by atoms with Crippen molar-refractivity contribution in [2.24, 2.45) is 0 Å². The van der Waals surface area contributed by atoms with Gasteiger partial charge in [-0.3, -0.25) is 0 Å². The highest BCUT2D eigenvalue weighted by atomic mass is 15.0. The van der Waals surface area contributed by atoms with E-state index in [1.54, 1.807) is 0 Å². The molecule has 3 aromatic heterocycles. The van der Waals surface area contributed by atoms with Gasteiger partial charge in [0.2, 0.25) is 0 Å². The number of benzene rings is 8. The van der Waals surface area contributed by atoms with Crippen molar-refractivity contribution in [3.05, 3.63) is 206 Å². The average molecular weight is 715 g/mol. The quantitative estimate of drug-likeness (QED) is 0.172. The molecule has 0 unspecified atom stereocenters. The van der Waals surface area contributed by atoms with Crippen LogP contribution in [0.15, 0.2) is 206 Å². The van der Waals surface area contributed by atoms with Crippen LogP contribution in [0.1, 0.15) is 0 Å². The molecule has 0 aliphatic carbocycles. The fourth-order valence-corrected chi connectivity index (χ4v) is 8.36. The summed E-state index contributed by atoms with van der Waals surface area (Å²) in [5, 5.41) is 4.94. The van der Waals surface area contributed by atoms with Gasteiger partial charge in [0.1, 0.15) is 0 Å². The van der Waals surface area contributed by atoms with Crippen molar-refractivity contribution in [2.45, 2.75) is 0 Å². The highest BCUT2D eigenvalue weighted by molar-refractivity contribution is 6.26. The highest BCUT2D eigenvalue weighted by Crippen LogP contribution is 2.42. The maximum Gasteiger partial charge on any atom is 0.160 e. The van der Waals surface area contributed by atoms with E-state index in [0.29, 0.717) is 5.82 Å². The Morgan fingerprint density at radius 1 is 0.304 bits per heavy atom. The number of rotatable bonds is 6. The molecular formula is C52H34N4. The molecule has 0 amide bonds. The summed E-state index contributed by atoms with van der Waals surface area (Å²) >= 11 is 0. The minimum absolute atomic E-state index is 0.697. The zero-order valence-electron chi connectivity index (χ0n) is 30.4. The number of aromatic nitrogens is 4. The summed E-state index contributed by atoms with van der Waals surface area (Å²) in [6.07, 6.45) is 0. The van der Waals surface area contributed by atoms with E-state index in [0.717, 1.165) is 50.6 Å². The molecule has 0 aliphatic rings. The third-order valence-electron chi connectivity index (χ3n) is 10.9. The number of para-hydroxylation sites is 3. The molecule has 0 bridgehead atoms. The first-order valence-corrected chi connectivity index (χ1v) is 19.0. The van der Waals surface area contributed by atoms with Gasteiger partial charge in [-0.2, -0.15) is 0 Å². The van der Waals surface area contributed by atoms with Crippen LogP contribution in [0.4, 0.5) is 0 Å². The number of hydrogen-bond acceptors (Lipinski definition) is 2. The van der Waals surface area contributed by atoms with Crippen molar-refractivity contribution >= 4 is 43.6 Å². The summed E-state index contributed by atoms with van der Waals surface area (Å²) in [5.74, 6) is 0.697. The minimum Gasteiger partial charge on any atom is -0.309 e. The maximum atomic E-state index is 5.21. The second kappa shape index (κ2) is 13.1. The molecule has 4 heteroatoms. The van der Waals surface area contributed by atoms with Gasteiger partial charge in [-0.15, -0.1) is 0 Å². The summed E-state index contributed by atoms with van der Waals surface area (Å²) in [5.41, 5.74) is 14.1. The minimum atomic E-state index is 0.697. The lowest BCUT2D eigenvalue weighted by molar-refractivity contribution is 1.17. The van der Waals surface area contributed by atoms with Gasteiger partial charge < -0.3 is 9.13 Å². The molecule has 0 saturated heterocycles. The Morgan fingerprint density at radius 3 is 1.55 bits per heavy atom. The van der Waals surface area contributed by atoms with Crippen LogP contribution in [0.25, 0.3) is 100 Å². The number of hydrogen-bond donors (Lipinski definition) is 0. The van der Waals surface area contributed by atoms with Crippen molar-refractivity contribution in [2.75, 3.05) is 0 Å². The predicted molar refractivity (Wildman–Crippen MR) is 232 cm³/mol. The molecule has 0 aliphatic heterocycles. The van der Waals surface area contributed by atoms with Crippen LogP contribution >= 0.6 is 0 Å². The third kappa shape index (κ3) is 5.23. The summed E-state index contributed by atoms with van der Waals surface area (Å²) in [7, 11) is 0. The smallest absolute Gasteiger partial charge is 0.160 e. The Hall–Kier alpha value is -7.56. The SMILES string of the molecule is c1ccc(-c2cccc(-c3nc(-c4ccccc4)cc(-c4ccc(-n5c6ccccc6c6ccc7c(c8ccccc8n7-c7ccccc7)c65)cc4)n3)c2)cc1. The van der Waals surface area contributed by atoms with Crippen molar-refractivity contribution in [1.82, 2.24) is 19.1 Å². The first-order valence-electron chi connectivity index (χ1n) is 19.0. The van der Waals surface area contributed by atoms with E-state index in [9.17, 15) is 0 Å². The highest BCUT2D eigenvalue weighted by Gasteiger charge is 2.21. The van der Waals surface area contributed by atoms with Crippen LogP contribution in [0.5, 0.6) is 0 Å². The standard InChI is InChI=1S/C52H34N4/c1-4-15-35(16-5-1)38-19-14-20-39(33-38)52-53-45(36-17-6-2-7-18-36)34-46(54-52)37-27-29-41(30-28-37)56-47-25-12-10-23-42(47)43-31-32-49-50(51(43)56)44-24-11-13-26-48(44)55(49)40-21-8-3-9-22-40/h1-34H. The molecule has 11 rings (SSSR count). The third-order valence-corrected chi connectivity index (χ3v) is 10.9. The topological polar surface area (TPSA) is 35.6 Å². The van der Waals surface area contributed by atoms with Gasteiger partial charge in [-0.05, 0) is 65.7 Å². The van der Waals surface area contributed by atoms with E-state index in [2.05, 4.69) is 203 Å². The second-order valence-electron chi connectivity index (χ2n) is 14.2. The van der Waals surface area contributed by atoms with E-state index in [1.807, 2.05) is 12.1 Å². The fraction of sp³-hybridized carbons (Fsp3) is 0. The zero-order valence-corrected chi connectivity index (χ0v) is 30.4. The monoisotopic (exact) mass is 714 g/mol. The van der Waals surface area contributed by atoms with E-state index < -0.39 is 0 Å². The maximum absolute atomic E-state index is 5.21. The van der Waals surface area contributed by atoms with Gasteiger partial charge in [-0.25, -0.2) is 9.97 Å². The Labute approximate surface area is 324 Å². The Bertz CT molecular complexity index is 3220. The molecule has 0 fully saturated rings. The lowest BCUT2D eigenvalue weighted by Crippen LogP contribution is -1.97. The molecule has 3 heterocycles. The van der Waals surface area contributed by atoms with E-state index in [-0.39, 0.29) is 0 Å². The van der Waals surface area contributed by atoms with Crippen molar-refractivity contribution < 1.29 is 0 Å². The first kappa shape index (κ1) is 31.9. The lowest BCUT2D eigenvalue weighted by atomic mass is 10.0. The van der Waals surface area contributed by atoms with E-state index >= 15 is 0 Å². The van der Waals surface area contributed by atoms with Crippen molar-refractivity contribution in [3.8, 4) is 56.4 Å². The van der Waals surface area contributed by atoms with Gasteiger partial charge in [0.05, 0.1) is 33.5 Å². The molecular weight excluding hydrogens is 681 g/mol. The summed E-state index contributed by atoms with van der Waals surface area (Å²) in [6, 6.07) is 73.1. The van der Waals surface area contributed by atoms with Gasteiger partial charge >= 0.3 is 0 Å². The zero-order chi connectivity index (χ0) is 37.0. The molecule has 56 heavy (non-hydrogen) atoms. The lowest BCUT2D eigenvalue weighted by Gasteiger charge is -2.12. The Morgan fingerprint density at radius 2 is 0.839 bits per heavy atom. The van der Waals surface area contributed by atoms with Gasteiger partial charge in [0.15, 0.2) is 5.82 Å². The molecule has 11 aromatic rings. The number of fused-ring (bicyclic) bond motifs is 7. The van der Waals surface area contributed by atoms with Crippen LogP contribution in [0.2, 0.25) is 0 Å².